The Kier molecular flexibility index (Phi) is 3.36. The summed E-state index contributed by atoms with van der Waals surface area (Å²) in [5, 5.41) is 9.11. The molecule has 2 unspecified atom stereocenters. The van der Waals surface area contributed by atoms with Gasteiger partial charge in [0.05, 0.1) is 11.5 Å². The third kappa shape index (κ3) is 2.24. The second-order valence-corrected chi connectivity index (χ2v) is 4.89. The van der Waals surface area contributed by atoms with Crippen molar-refractivity contribution < 1.29 is 0 Å². The summed E-state index contributed by atoms with van der Waals surface area (Å²) in [4.78, 5) is 0. The van der Waals surface area contributed by atoms with Gasteiger partial charge in [0, 0.05) is 0 Å². The molecule has 0 saturated heterocycles. The lowest BCUT2D eigenvalue weighted by molar-refractivity contribution is 0.132. The minimum absolute atomic E-state index is 0.110. The van der Waals surface area contributed by atoms with Crippen LogP contribution in [0.4, 0.5) is 0 Å². The Morgan fingerprint density at radius 1 is 1.31 bits per heavy atom. The molecule has 1 nitrogen and oxygen atoms in total. The minimum atomic E-state index is -0.110. The first kappa shape index (κ1) is 10.6. The highest BCUT2D eigenvalue weighted by atomic mass is 14.4. The van der Waals surface area contributed by atoms with Gasteiger partial charge in [0.15, 0.2) is 0 Å². The Balaban J connectivity index is 2.70. The fraction of sp³-hybridized carbons (Fsp3) is 0.917. The molecule has 0 radical (unpaired) electrons. The molecule has 1 saturated carbocycles. The molecule has 1 aliphatic carbocycles. The van der Waals surface area contributed by atoms with Crippen molar-refractivity contribution in [1.29, 1.82) is 5.26 Å². The van der Waals surface area contributed by atoms with Crippen LogP contribution >= 0.6 is 0 Å². The molecule has 1 heteroatoms. The number of rotatable bonds is 2. The van der Waals surface area contributed by atoms with Crippen LogP contribution in [0.2, 0.25) is 0 Å². The lowest BCUT2D eigenvalue weighted by Gasteiger charge is -2.38. The predicted octanol–water partition coefficient (Wildman–Crippen LogP) is 3.75. The topological polar surface area (TPSA) is 23.8 Å². The zero-order valence-electron chi connectivity index (χ0n) is 9.14. The van der Waals surface area contributed by atoms with Crippen LogP contribution in [0.3, 0.4) is 0 Å². The summed E-state index contributed by atoms with van der Waals surface area (Å²) >= 11 is 0. The van der Waals surface area contributed by atoms with Crippen LogP contribution in [0.5, 0.6) is 0 Å². The second kappa shape index (κ2) is 4.13. The molecule has 1 rings (SSSR count). The van der Waals surface area contributed by atoms with E-state index in [-0.39, 0.29) is 5.41 Å². The van der Waals surface area contributed by atoms with Crippen molar-refractivity contribution in [2.75, 3.05) is 0 Å². The molecule has 0 aliphatic heterocycles. The first-order valence-electron chi connectivity index (χ1n) is 5.53. The van der Waals surface area contributed by atoms with E-state index in [0.29, 0.717) is 5.92 Å². The highest BCUT2D eigenvalue weighted by molar-refractivity contribution is 4.99. The molecule has 74 valence electrons. The van der Waals surface area contributed by atoms with E-state index in [4.69, 9.17) is 5.26 Å². The van der Waals surface area contributed by atoms with Gasteiger partial charge in [-0.3, -0.25) is 0 Å². The summed E-state index contributed by atoms with van der Waals surface area (Å²) in [5.41, 5.74) is -0.110. The monoisotopic (exact) mass is 179 g/mol. The Hall–Kier alpha value is -0.510. The molecule has 2 atom stereocenters. The Morgan fingerprint density at radius 2 is 1.92 bits per heavy atom. The molecule has 1 fully saturated rings. The predicted molar refractivity (Wildman–Crippen MR) is 55.1 cm³/mol. The van der Waals surface area contributed by atoms with E-state index in [1.165, 1.54) is 32.1 Å². The van der Waals surface area contributed by atoms with E-state index in [2.05, 4.69) is 26.8 Å². The number of hydrogen-bond acceptors (Lipinski definition) is 1. The largest absolute Gasteiger partial charge is 0.198 e. The highest BCUT2D eigenvalue weighted by Crippen LogP contribution is 2.42. The molecule has 0 heterocycles. The van der Waals surface area contributed by atoms with Crippen LogP contribution < -0.4 is 0 Å². The highest BCUT2D eigenvalue weighted by Gasteiger charge is 2.36. The average molecular weight is 179 g/mol. The lowest BCUT2D eigenvalue weighted by atomic mass is 9.65. The van der Waals surface area contributed by atoms with Gasteiger partial charge in [0.25, 0.3) is 0 Å². The van der Waals surface area contributed by atoms with Crippen molar-refractivity contribution in [3.63, 3.8) is 0 Å². The average Bonchev–Trinajstić information content (AvgIpc) is 2.18. The van der Waals surface area contributed by atoms with E-state index in [1.54, 1.807) is 0 Å². The van der Waals surface area contributed by atoms with E-state index in [0.717, 1.165) is 5.92 Å². The van der Waals surface area contributed by atoms with E-state index >= 15 is 0 Å². The smallest absolute Gasteiger partial charge is 0.0686 e. The fourth-order valence-electron chi connectivity index (χ4n) is 2.73. The van der Waals surface area contributed by atoms with Gasteiger partial charge in [0.2, 0.25) is 0 Å². The minimum Gasteiger partial charge on any atom is -0.198 e. The Morgan fingerprint density at radius 3 is 2.46 bits per heavy atom. The van der Waals surface area contributed by atoms with E-state index in [1.807, 2.05) is 0 Å². The molecule has 1 aliphatic rings. The van der Waals surface area contributed by atoms with Crippen LogP contribution in [-0.2, 0) is 0 Å². The molecule has 0 amide bonds. The first-order chi connectivity index (χ1) is 6.11. The maximum atomic E-state index is 9.11. The number of hydrogen-bond donors (Lipinski definition) is 0. The Bertz CT molecular complexity index is 200. The molecule has 0 spiro atoms. The SMILES string of the molecule is CCC1CCCCC1C(C)(C)C#N. The van der Waals surface area contributed by atoms with Crippen molar-refractivity contribution in [3.8, 4) is 6.07 Å². The van der Waals surface area contributed by atoms with E-state index in [9.17, 15) is 0 Å². The molecule has 0 aromatic heterocycles. The zero-order valence-corrected chi connectivity index (χ0v) is 9.14. The summed E-state index contributed by atoms with van der Waals surface area (Å²) < 4.78 is 0. The van der Waals surface area contributed by atoms with Crippen LogP contribution in [-0.4, -0.2) is 0 Å². The zero-order chi connectivity index (χ0) is 9.90. The molecular formula is C12H21N. The van der Waals surface area contributed by atoms with Crippen LogP contribution in [0.1, 0.15) is 52.9 Å². The Labute approximate surface area is 82.1 Å². The third-order valence-corrected chi connectivity index (χ3v) is 3.65. The van der Waals surface area contributed by atoms with Crippen molar-refractivity contribution in [2.24, 2.45) is 17.3 Å². The molecule has 0 aromatic rings. The number of nitrogens with zero attached hydrogens (tertiary/aromatic N) is 1. The summed E-state index contributed by atoms with van der Waals surface area (Å²) in [6.07, 6.45) is 6.55. The summed E-state index contributed by atoms with van der Waals surface area (Å²) in [7, 11) is 0. The van der Waals surface area contributed by atoms with Crippen molar-refractivity contribution in [3.05, 3.63) is 0 Å². The normalized spacial score (nSPS) is 29.7. The van der Waals surface area contributed by atoms with Gasteiger partial charge in [-0.05, 0) is 32.1 Å². The second-order valence-electron chi connectivity index (χ2n) is 4.89. The molecule has 0 bridgehead atoms. The summed E-state index contributed by atoms with van der Waals surface area (Å²) in [6, 6.07) is 2.48. The van der Waals surface area contributed by atoms with Crippen LogP contribution in [0, 0.1) is 28.6 Å². The maximum Gasteiger partial charge on any atom is 0.0686 e. The lowest BCUT2D eigenvalue weighted by Crippen LogP contribution is -2.31. The standard InChI is InChI=1S/C12H21N/c1-4-10-7-5-6-8-11(10)12(2,3)9-13/h10-11H,4-8H2,1-3H3. The number of nitriles is 1. The fourth-order valence-corrected chi connectivity index (χ4v) is 2.73. The maximum absolute atomic E-state index is 9.11. The van der Waals surface area contributed by atoms with E-state index < -0.39 is 0 Å². The van der Waals surface area contributed by atoms with Gasteiger partial charge in [-0.15, -0.1) is 0 Å². The summed E-state index contributed by atoms with van der Waals surface area (Å²) in [6.45, 7) is 6.47. The van der Waals surface area contributed by atoms with Gasteiger partial charge in [-0.1, -0.05) is 32.6 Å². The van der Waals surface area contributed by atoms with Crippen molar-refractivity contribution in [2.45, 2.75) is 52.9 Å². The third-order valence-electron chi connectivity index (χ3n) is 3.65. The van der Waals surface area contributed by atoms with Gasteiger partial charge in [0.1, 0.15) is 0 Å². The van der Waals surface area contributed by atoms with Gasteiger partial charge >= 0.3 is 0 Å². The van der Waals surface area contributed by atoms with Crippen molar-refractivity contribution in [1.82, 2.24) is 0 Å². The molecule has 13 heavy (non-hydrogen) atoms. The molecule has 0 N–H and O–H groups in total. The van der Waals surface area contributed by atoms with Gasteiger partial charge in [-0.25, -0.2) is 0 Å². The van der Waals surface area contributed by atoms with Gasteiger partial charge < -0.3 is 0 Å². The summed E-state index contributed by atoms with van der Waals surface area (Å²) in [5.74, 6) is 1.43. The quantitative estimate of drug-likeness (QED) is 0.633. The molecular weight excluding hydrogens is 158 g/mol. The van der Waals surface area contributed by atoms with Crippen molar-refractivity contribution >= 4 is 0 Å². The first-order valence-corrected chi connectivity index (χ1v) is 5.53. The molecule has 0 aromatic carbocycles. The van der Waals surface area contributed by atoms with Crippen LogP contribution in [0.25, 0.3) is 0 Å². The van der Waals surface area contributed by atoms with Crippen LogP contribution in [0.15, 0.2) is 0 Å². The van der Waals surface area contributed by atoms with Gasteiger partial charge in [-0.2, -0.15) is 5.26 Å².